The molecular formula is C12H12ClFN2O5. The molecule has 2 amide bonds. The van der Waals surface area contributed by atoms with Gasteiger partial charge in [0.15, 0.2) is 0 Å². The highest BCUT2D eigenvalue weighted by atomic mass is 35.5. The summed E-state index contributed by atoms with van der Waals surface area (Å²) in [7, 11) is 1.09. The van der Waals surface area contributed by atoms with Crippen molar-refractivity contribution >= 4 is 35.3 Å². The van der Waals surface area contributed by atoms with Crippen LogP contribution in [0.25, 0.3) is 0 Å². The second-order valence-corrected chi connectivity index (χ2v) is 4.30. The van der Waals surface area contributed by atoms with E-state index in [0.29, 0.717) is 0 Å². The Hall–Kier alpha value is -2.35. The molecule has 1 atom stereocenters. The fraction of sp³-hybridized carbons (Fsp3) is 0.250. The van der Waals surface area contributed by atoms with Crippen LogP contribution in [0, 0.1) is 5.82 Å². The average Bonchev–Trinajstić information content (AvgIpc) is 2.41. The van der Waals surface area contributed by atoms with Gasteiger partial charge in [-0.1, -0.05) is 11.6 Å². The quantitative estimate of drug-likeness (QED) is 0.715. The number of nitrogens with one attached hydrogen (secondary N) is 2. The lowest BCUT2D eigenvalue weighted by Gasteiger charge is -2.14. The minimum atomic E-state index is -1.48. The third-order valence-electron chi connectivity index (χ3n) is 2.38. The van der Waals surface area contributed by atoms with Crippen molar-refractivity contribution in [1.29, 1.82) is 0 Å². The molecule has 0 aliphatic rings. The van der Waals surface area contributed by atoms with E-state index < -0.39 is 36.2 Å². The lowest BCUT2D eigenvalue weighted by molar-refractivity contribution is -0.147. The minimum Gasteiger partial charge on any atom is -0.480 e. The van der Waals surface area contributed by atoms with Crippen molar-refractivity contribution in [1.82, 2.24) is 5.32 Å². The largest absolute Gasteiger partial charge is 0.480 e. The van der Waals surface area contributed by atoms with Gasteiger partial charge in [-0.25, -0.2) is 14.0 Å². The number of rotatable bonds is 5. The Balaban J connectivity index is 2.72. The summed E-state index contributed by atoms with van der Waals surface area (Å²) in [6, 6.07) is 0.875. The van der Waals surface area contributed by atoms with Crippen LogP contribution in [-0.2, 0) is 14.3 Å². The van der Waals surface area contributed by atoms with E-state index in [1.54, 1.807) is 0 Å². The van der Waals surface area contributed by atoms with Crippen molar-refractivity contribution in [3.8, 4) is 0 Å². The first-order valence-electron chi connectivity index (χ1n) is 5.65. The number of esters is 1. The minimum absolute atomic E-state index is 0.0311. The monoisotopic (exact) mass is 318 g/mol. The van der Waals surface area contributed by atoms with Gasteiger partial charge in [-0.2, -0.15) is 0 Å². The van der Waals surface area contributed by atoms with Crippen LogP contribution in [0.5, 0.6) is 0 Å². The molecule has 0 unspecified atom stereocenters. The van der Waals surface area contributed by atoms with Gasteiger partial charge >= 0.3 is 18.0 Å². The third-order valence-corrected chi connectivity index (χ3v) is 2.71. The number of carboxylic acids is 1. The number of hydrogen-bond acceptors (Lipinski definition) is 4. The van der Waals surface area contributed by atoms with Gasteiger partial charge < -0.3 is 20.5 Å². The summed E-state index contributed by atoms with van der Waals surface area (Å²) >= 11 is 5.75. The maximum atomic E-state index is 13.0. The first kappa shape index (κ1) is 16.7. The first-order valence-corrected chi connectivity index (χ1v) is 6.03. The summed E-state index contributed by atoms with van der Waals surface area (Å²) in [5.41, 5.74) is -0.0311. The molecule has 1 rings (SSSR count). The van der Waals surface area contributed by atoms with Crippen molar-refractivity contribution in [2.75, 3.05) is 12.4 Å². The van der Waals surface area contributed by atoms with Crippen molar-refractivity contribution in [3.05, 3.63) is 29.0 Å². The van der Waals surface area contributed by atoms with Crippen LogP contribution in [0.15, 0.2) is 18.2 Å². The Kier molecular flexibility index (Phi) is 5.92. The Morgan fingerprint density at radius 2 is 2.10 bits per heavy atom. The van der Waals surface area contributed by atoms with Crippen LogP contribution in [0.2, 0.25) is 5.02 Å². The fourth-order valence-corrected chi connectivity index (χ4v) is 1.52. The summed E-state index contributed by atoms with van der Waals surface area (Å²) in [6.07, 6.45) is -0.545. The molecule has 21 heavy (non-hydrogen) atoms. The number of methoxy groups -OCH3 is 1. The van der Waals surface area contributed by atoms with Gasteiger partial charge in [0.2, 0.25) is 0 Å². The van der Waals surface area contributed by atoms with Crippen LogP contribution in [0.1, 0.15) is 6.42 Å². The number of benzene rings is 1. The van der Waals surface area contributed by atoms with E-state index in [-0.39, 0.29) is 10.7 Å². The zero-order chi connectivity index (χ0) is 16.0. The second kappa shape index (κ2) is 7.44. The molecule has 0 saturated carbocycles. The predicted octanol–water partition coefficient (Wildman–Crippen LogP) is 1.62. The van der Waals surface area contributed by atoms with E-state index in [1.165, 1.54) is 6.07 Å². The molecule has 3 N–H and O–H groups in total. The first-order chi connectivity index (χ1) is 9.83. The molecule has 9 heteroatoms. The molecule has 114 valence electrons. The number of ether oxygens (including phenoxy) is 1. The third kappa shape index (κ3) is 5.27. The van der Waals surface area contributed by atoms with E-state index >= 15 is 0 Å². The van der Waals surface area contributed by atoms with E-state index in [9.17, 15) is 18.8 Å². The zero-order valence-corrected chi connectivity index (χ0v) is 11.6. The molecule has 0 aliphatic carbocycles. The molecule has 0 bridgehead atoms. The molecule has 1 aromatic rings. The standard InChI is InChI=1S/C12H12ClFN2O5/c1-21-10(17)5-9(11(18)19)16-12(20)15-8-4-6(14)2-3-7(8)13/h2-4,9H,5H2,1H3,(H,18,19)(H2,15,16,20)/t9-/m0/s1. The predicted molar refractivity (Wildman–Crippen MR) is 71.6 cm³/mol. The van der Waals surface area contributed by atoms with Crippen LogP contribution in [0.4, 0.5) is 14.9 Å². The number of halogens is 2. The Bertz CT molecular complexity index is 567. The number of carbonyl (C=O) groups excluding carboxylic acids is 2. The SMILES string of the molecule is COC(=O)C[C@H](NC(=O)Nc1cc(F)ccc1Cl)C(=O)O. The van der Waals surface area contributed by atoms with Gasteiger partial charge in [0.05, 0.1) is 24.2 Å². The summed E-state index contributed by atoms with van der Waals surface area (Å²) < 4.78 is 17.3. The Labute approximate surface area is 124 Å². The highest BCUT2D eigenvalue weighted by Gasteiger charge is 2.24. The van der Waals surface area contributed by atoms with Crippen LogP contribution in [0.3, 0.4) is 0 Å². The summed E-state index contributed by atoms with van der Waals surface area (Å²) in [5.74, 6) is -2.84. The number of anilines is 1. The molecule has 0 aliphatic heterocycles. The molecule has 1 aromatic carbocycles. The summed E-state index contributed by atoms with van der Waals surface area (Å²) in [5, 5.41) is 13.2. The van der Waals surface area contributed by atoms with Crippen LogP contribution >= 0.6 is 11.6 Å². The number of urea groups is 1. The van der Waals surface area contributed by atoms with Crippen molar-refractivity contribution in [2.24, 2.45) is 0 Å². The number of hydrogen-bond donors (Lipinski definition) is 3. The van der Waals surface area contributed by atoms with E-state index in [0.717, 1.165) is 19.2 Å². The van der Waals surface area contributed by atoms with E-state index in [2.05, 4.69) is 10.1 Å². The Morgan fingerprint density at radius 1 is 1.43 bits per heavy atom. The van der Waals surface area contributed by atoms with Gasteiger partial charge in [0, 0.05) is 0 Å². The van der Waals surface area contributed by atoms with Gasteiger partial charge in [0.25, 0.3) is 0 Å². The maximum Gasteiger partial charge on any atom is 0.326 e. The van der Waals surface area contributed by atoms with Gasteiger partial charge in [-0.3, -0.25) is 4.79 Å². The molecule has 0 radical (unpaired) electrons. The molecule has 0 aromatic heterocycles. The van der Waals surface area contributed by atoms with Crippen LogP contribution in [-0.4, -0.2) is 36.2 Å². The van der Waals surface area contributed by atoms with Gasteiger partial charge in [-0.05, 0) is 18.2 Å². The number of carboxylic acid groups (broad SMARTS) is 1. The number of aliphatic carboxylic acids is 1. The van der Waals surface area contributed by atoms with E-state index in [4.69, 9.17) is 16.7 Å². The van der Waals surface area contributed by atoms with Crippen molar-refractivity contribution in [2.45, 2.75) is 12.5 Å². The lowest BCUT2D eigenvalue weighted by atomic mass is 10.2. The molecular weight excluding hydrogens is 307 g/mol. The number of carbonyl (C=O) groups is 3. The normalized spacial score (nSPS) is 11.4. The lowest BCUT2D eigenvalue weighted by Crippen LogP contribution is -2.44. The summed E-state index contributed by atoms with van der Waals surface area (Å²) in [6.45, 7) is 0. The fourth-order valence-electron chi connectivity index (χ4n) is 1.36. The van der Waals surface area contributed by atoms with Crippen LogP contribution < -0.4 is 10.6 Å². The highest BCUT2D eigenvalue weighted by molar-refractivity contribution is 6.33. The zero-order valence-electron chi connectivity index (χ0n) is 10.9. The molecule has 0 fully saturated rings. The smallest absolute Gasteiger partial charge is 0.326 e. The molecule has 7 nitrogen and oxygen atoms in total. The highest BCUT2D eigenvalue weighted by Crippen LogP contribution is 2.22. The maximum absolute atomic E-state index is 13.0. The van der Waals surface area contributed by atoms with Gasteiger partial charge in [-0.15, -0.1) is 0 Å². The van der Waals surface area contributed by atoms with Crippen molar-refractivity contribution in [3.63, 3.8) is 0 Å². The topological polar surface area (TPSA) is 105 Å². The van der Waals surface area contributed by atoms with E-state index in [1.807, 2.05) is 5.32 Å². The van der Waals surface area contributed by atoms with Crippen molar-refractivity contribution < 1.29 is 28.6 Å². The molecule has 0 spiro atoms. The molecule has 0 saturated heterocycles. The Morgan fingerprint density at radius 3 is 2.67 bits per heavy atom. The second-order valence-electron chi connectivity index (χ2n) is 3.89. The van der Waals surface area contributed by atoms with Gasteiger partial charge in [0.1, 0.15) is 11.9 Å². The number of amides is 2. The molecule has 0 heterocycles. The average molecular weight is 319 g/mol. The summed E-state index contributed by atoms with van der Waals surface area (Å²) in [4.78, 5) is 33.6.